The van der Waals surface area contributed by atoms with Crippen molar-refractivity contribution in [3.05, 3.63) is 35.0 Å². The number of hydrogen-bond donors (Lipinski definition) is 3. The van der Waals surface area contributed by atoms with Crippen molar-refractivity contribution in [2.24, 2.45) is 11.7 Å². The quantitative estimate of drug-likeness (QED) is 0.456. The lowest BCUT2D eigenvalue weighted by atomic mass is 9.85. The van der Waals surface area contributed by atoms with Crippen molar-refractivity contribution in [2.75, 3.05) is 23.8 Å². The van der Waals surface area contributed by atoms with E-state index in [4.69, 9.17) is 27.1 Å². The molecule has 5 rings (SSSR count). The molecule has 3 heterocycles. The number of carbonyl (C=O) groups excluding carboxylic acids is 1. The van der Waals surface area contributed by atoms with Gasteiger partial charge >= 0.3 is 0 Å². The predicted octanol–water partition coefficient (Wildman–Crippen LogP) is 4.31. The molecule has 35 heavy (non-hydrogen) atoms. The Labute approximate surface area is 205 Å². The molecule has 1 saturated heterocycles. The number of amides is 1. The molecule has 2 aliphatic rings. The third-order valence-electron chi connectivity index (χ3n) is 6.70. The molecule has 186 valence electrons. The van der Waals surface area contributed by atoms with Crippen LogP contribution in [0.2, 0.25) is 5.02 Å². The highest BCUT2D eigenvalue weighted by Crippen LogP contribution is 2.38. The number of imidazole rings is 1. The molecule has 3 aromatic rings. The van der Waals surface area contributed by atoms with Gasteiger partial charge in [-0.05, 0) is 44.6 Å². The number of ether oxygens (including phenoxy) is 1. The smallest absolute Gasteiger partial charge is 0.224 e. The molecule has 12 heteroatoms. The topological polar surface area (TPSA) is 120 Å². The number of benzene rings is 1. The van der Waals surface area contributed by atoms with Crippen LogP contribution in [0.4, 0.5) is 26.4 Å². The van der Waals surface area contributed by atoms with Crippen molar-refractivity contribution in [3.8, 4) is 0 Å². The van der Waals surface area contributed by atoms with Crippen LogP contribution in [-0.4, -0.2) is 44.7 Å². The minimum absolute atomic E-state index is 0.0637. The highest BCUT2D eigenvalue weighted by Gasteiger charge is 2.29. The fraction of sp³-hybridized carbons (Fsp3) is 0.478. The van der Waals surface area contributed by atoms with Crippen LogP contribution in [0.3, 0.4) is 0 Å². The number of hydrogen-bond acceptors (Lipinski definition) is 7. The van der Waals surface area contributed by atoms with Gasteiger partial charge in [0.1, 0.15) is 11.3 Å². The molecule has 1 aromatic carbocycles. The van der Waals surface area contributed by atoms with Crippen molar-refractivity contribution in [2.45, 2.75) is 50.6 Å². The molecule has 9 nitrogen and oxygen atoms in total. The maximum Gasteiger partial charge on any atom is 0.224 e. The summed E-state index contributed by atoms with van der Waals surface area (Å²) in [7, 11) is 0. The zero-order valence-electron chi connectivity index (χ0n) is 18.9. The number of nitrogens with zero attached hydrogens (tertiary/aromatic N) is 4. The number of primary amides is 1. The Hall–Kier alpha value is -3.05. The molecule has 0 bridgehead atoms. The van der Waals surface area contributed by atoms with Crippen LogP contribution in [-0.2, 0) is 9.53 Å². The van der Waals surface area contributed by atoms with Gasteiger partial charge in [0.2, 0.25) is 17.8 Å². The maximum atomic E-state index is 14.6. The van der Waals surface area contributed by atoms with Gasteiger partial charge < -0.3 is 21.1 Å². The minimum Gasteiger partial charge on any atom is -0.381 e. The van der Waals surface area contributed by atoms with E-state index < -0.39 is 11.6 Å². The zero-order chi connectivity index (χ0) is 24.5. The minimum atomic E-state index is -0.834. The molecule has 4 N–H and O–H groups in total. The first-order chi connectivity index (χ1) is 16.9. The summed E-state index contributed by atoms with van der Waals surface area (Å²) in [6.07, 6.45) is 5.91. The fourth-order valence-corrected chi connectivity index (χ4v) is 5.05. The van der Waals surface area contributed by atoms with Gasteiger partial charge in [-0.3, -0.25) is 9.36 Å². The first-order valence-corrected chi connectivity index (χ1v) is 12.1. The molecule has 1 saturated carbocycles. The summed E-state index contributed by atoms with van der Waals surface area (Å²) in [5.74, 6) is -1.31. The van der Waals surface area contributed by atoms with Crippen LogP contribution >= 0.6 is 11.6 Å². The maximum absolute atomic E-state index is 14.6. The molecule has 0 radical (unpaired) electrons. The molecule has 0 atom stereocenters. The lowest BCUT2D eigenvalue weighted by molar-refractivity contribution is -0.122. The normalized spacial score (nSPS) is 21.2. The second kappa shape index (κ2) is 9.90. The average molecular weight is 506 g/mol. The summed E-state index contributed by atoms with van der Waals surface area (Å²) in [4.78, 5) is 25.4. The number of fused-ring (bicyclic) bond motifs is 1. The van der Waals surface area contributed by atoms with E-state index >= 15 is 0 Å². The first kappa shape index (κ1) is 23.7. The Bertz CT molecular complexity index is 1220. The second-order valence-electron chi connectivity index (χ2n) is 9.02. The van der Waals surface area contributed by atoms with Crippen molar-refractivity contribution >= 4 is 46.3 Å². The standard InChI is InChI=1S/C23H26ClF2N7O2/c24-16-9-13(25)10-17(26)19(16)31-23-30-18-11-28-22(29-14-5-7-35-8-6-14)32-21(18)33(23)15-3-1-12(2-4-15)20(27)34/h9-12,14-15H,1-8H2,(H2,27,34)(H,30,31)(H,28,29,32). The second-order valence-corrected chi connectivity index (χ2v) is 9.42. The molecule has 1 aliphatic heterocycles. The largest absolute Gasteiger partial charge is 0.381 e. The van der Waals surface area contributed by atoms with E-state index in [1.807, 2.05) is 4.57 Å². The number of anilines is 3. The van der Waals surface area contributed by atoms with Crippen LogP contribution in [0.1, 0.15) is 44.6 Å². The molecular weight excluding hydrogens is 480 g/mol. The number of halogens is 3. The lowest BCUT2D eigenvalue weighted by Crippen LogP contribution is -2.29. The summed E-state index contributed by atoms with van der Waals surface area (Å²) >= 11 is 6.13. The Kier molecular flexibility index (Phi) is 6.70. The summed E-state index contributed by atoms with van der Waals surface area (Å²) in [5, 5.41) is 6.20. The summed E-state index contributed by atoms with van der Waals surface area (Å²) < 4.78 is 35.5. The number of rotatable bonds is 6. The fourth-order valence-electron chi connectivity index (χ4n) is 4.81. The van der Waals surface area contributed by atoms with Gasteiger partial charge in [-0.2, -0.15) is 4.98 Å². The van der Waals surface area contributed by atoms with Crippen molar-refractivity contribution in [3.63, 3.8) is 0 Å². The van der Waals surface area contributed by atoms with E-state index in [1.165, 1.54) is 0 Å². The Morgan fingerprint density at radius 2 is 1.86 bits per heavy atom. The van der Waals surface area contributed by atoms with E-state index in [0.29, 0.717) is 62.0 Å². The summed E-state index contributed by atoms with van der Waals surface area (Å²) in [6, 6.07) is 1.93. The molecule has 2 fully saturated rings. The summed E-state index contributed by atoms with van der Waals surface area (Å²) in [6.45, 7) is 1.36. The van der Waals surface area contributed by atoms with Crippen LogP contribution < -0.4 is 16.4 Å². The third kappa shape index (κ3) is 5.01. The van der Waals surface area contributed by atoms with E-state index in [-0.39, 0.29) is 34.6 Å². The zero-order valence-corrected chi connectivity index (χ0v) is 19.7. The van der Waals surface area contributed by atoms with Gasteiger partial charge in [0.25, 0.3) is 0 Å². The monoisotopic (exact) mass is 505 g/mol. The van der Waals surface area contributed by atoms with Crippen LogP contribution in [0.25, 0.3) is 11.2 Å². The van der Waals surface area contributed by atoms with Gasteiger partial charge in [-0.1, -0.05) is 11.6 Å². The molecule has 0 unspecified atom stereocenters. The van der Waals surface area contributed by atoms with Crippen LogP contribution in [0, 0.1) is 17.6 Å². The summed E-state index contributed by atoms with van der Waals surface area (Å²) in [5.41, 5.74) is 6.52. The van der Waals surface area contributed by atoms with Crippen molar-refractivity contribution in [1.29, 1.82) is 0 Å². The van der Waals surface area contributed by atoms with Gasteiger partial charge in [-0.25, -0.2) is 18.7 Å². The van der Waals surface area contributed by atoms with E-state index in [1.54, 1.807) is 6.20 Å². The van der Waals surface area contributed by atoms with Gasteiger partial charge in [0.15, 0.2) is 11.5 Å². The average Bonchev–Trinajstić information content (AvgIpc) is 3.19. The highest BCUT2D eigenvalue weighted by atomic mass is 35.5. The van der Waals surface area contributed by atoms with Crippen molar-refractivity contribution < 1.29 is 18.3 Å². The van der Waals surface area contributed by atoms with Gasteiger partial charge in [0, 0.05) is 37.3 Å². The number of carbonyl (C=O) groups is 1. The number of nitrogens with two attached hydrogens (primary N) is 1. The van der Waals surface area contributed by atoms with Crippen LogP contribution in [0.15, 0.2) is 18.3 Å². The SMILES string of the molecule is NC(=O)C1CCC(n2c(Nc3c(F)cc(F)cc3Cl)nc3cnc(NC4CCOCC4)nc32)CC1. The highest BCUT2D eigenvalue weighted by molar-refractivity contribution is 6.33. The van der Waals surface area contributed by atoms with E-state index in [0.717, 1.165) is 25.0 Å². The van der Waals surface area contributed by atoms with Crippen molar-refractivity contribution in [1.82, 2.24) is 19.5 Å². The Morgan fingerprint density at radius 3 is 2.54 bits per heavy atom. The molecule has 1 aliphatic carbocycles. The van der Waals surface area contributed by atoms with E-state index in [2.05, 4.69) is 20.6 Å². The third-order valence-corrected chi connectivity index (χ3v) is 6.99. The number of aromatic nitrogens is 4. The molecule has 0 spiro atoms. The van der Waals surface area contributed by atoms with E-state index in [9.17, 15) is 13.6 Å². The lowest BCUT2D eigenvalue weighted by Gasteiger charge is -2.29. The molecular formula is C23H26ClF2N7O2. The van der Waals surface area contributed by atoms with Gasteiger partial charge in [0.05, 0.1) is 16.9 Å². The predicted molar refractivity (Wildman–Crippen MR) is 128 cm³/mol. The first-order valence-electron chi connectivity index (χ1n) is 11.7. The number of nitrogens with one attached hydrogen (secondary N) is 2. The molecule has 2 aromatic heterocycles. The molecule has 1 amide bonds. The Morgan fingerprint density at radius 1 is 1.11 bits per heavy atom. The van der Waals surface area contributed by atoms with Crippen LogP contribution in [0.5, 0.6) is 0 Å². The Balaban J connectivity index is 1.52. The van der Waals surface area contributed by atoms with Gasteiger partial charge in [-0.15, -0.1) is 0 Å².